The summed E-state index contributed by atoms with van der Waals surface area (Å²) in [7, 11) is 30.9. The molecule has 0 saturated heterocycles. The quantitative estimate of drug-likeness (QED) is 0.0848. The summed E-state index contributed by atoms with van der Waals surface area (Å²) in [5, 5.41) is 2.70. The monoisotopic (exact) mass is 895 g/mol. The zero-order valence-electron chi connectivity index (χ0n) is 37.1. The number of amides is 1. The van der Waals surface area contributed by atoms with E-state index in [9.17, 15) is 33.6 Å². The van der Waals surface area contributed by atoms with Crippen molar-refractivity contribution in [3.05, 3.63) is 59.7 Å². The number of hydrogen-bond donors (Lipinski definition) is 1. The van der Waals surface area contributed by atoms with Gasteiger partial charge in [-0.3, -0.25) is 4.79 Å². The van der Waals surface area contributed by atoms with Crippen molar-refractivity contribution in [2.24, 2.45) is 11.8 Å². The molecular formula is C41H52B9NO9P2S. The molecule has 0 aliphatic heterocycles. The summed E-state index contributed by atoms with van der Waals surface area (Å²) in [5.74, 6) is -6.85. The van der Waals surface area contributed by atoms with Gasteiger partial charge < -0.3 is 0 Å². The molecule has 5 atom stereocenters. The zero-order valence-corrected chi connectivity index (χ0v) is 39.7. The van der Waals surface area contributed by atoms with Crippen LogP contribution in [0.5, 0.6) is 0 Å². The minimum absolute atomic E-state index is 0.0302. The molecular weight excluding hydrogens is 842 g/mol. The van der Waals surface area contributed by atoms with Crippen molar-refractivity contribution in [2.75, 3.05) is 38.0 Å². The Morgan fingerprint density at radius 2 is 1.30 bits per heavy atom. The number of ketones is 4. The number of carbonyl (C=O) groups excluding carboxylic acids is 7. The van der Waals surface area contributed by atoms with E-state index in [1.165, 1.54) is 12.1 Å². The Kier molecular flexibility index (Phi) is 22.4. The van der Waals surface area contributed by atoms with Crippen LogP contribution in [-0.2, 0) is 43.0 Å². The Morgan fingerprint density at radius 3 is 1.83 bits per heavy atom. The Labute approximate surface area is 386 Å². The van der Waals surface area contributed by atoms with Gasteiger partial charge in [0.05, 0.1) is 0 Å². The van der Waals surface area contributed by atoms with Crippen LogP contribution in [0.1, 0.15) is 89.2 Å². The van der Waals surface area contributed by atoms with E-state index >= 15 is 0 Å². The molecule has 0 fully saturated rings. The van der Waals surface area contributed by atoms with E-state index in [0.29, 0.717) is 0 Å². The second kappa shape index (κ2) is 25.9. The van der Waals surface area contributed by atoms with Crippen molar-refractivity contribution < 1.29 is 43.0 Å². The van der Waals surface area contributed by atoms with Crippen LogP contribution in [0.3, 0.4) is 0 Å². The van der Waals surface area contributed by atoms with E-state index in [2.05, 4.69) is 5.32 Å². The van der Waals surface area contributed by atoms with Crippen LogP contribution in [0, 0.1) is 11.8 Å². The first-order chi connectivity index (χ1) is 29.6. The average Bonchev–Trinajstić information content (AvgIpc) is 3.52. The van der Waals surface area contributed by atoms with Gasteiger partial charge in [0.1, 0.15) is 21.7 Å². The third kappa shape index (κ3) is 17.6. The van der Waals surface area contributed by atoms with Crippen LogP contribution in [0.15, 0.2) is 48.5 Å². The summed E-state index contributed by atoms with van der Waals surface area (Å²) in [6.07, 6.45) is -1.02. The van der Waals surface area contributed by atoms with Crippen LogP contribution in [0.4, 0.5) is 0 Å². The Hall–Kier alpha value is -2.68. The van der Waals surface area contributed by atoms with E-state index in [4.69, 9.17) is 55.6 Å². The van der Waals surface area contributed by atoms with E-state index in [0.717, 1.165) is 22.3 Å². The number of fused-ring (bicyclic) bond motifs is 3. The molecule has 3 rings (SSSR count). The average molecular weight is 894 g/mol. The van der Waals surface area contributed by atoms with Gasteiger partial charge in [-0.2, -0.15) is 7.80 Å². The van der Waals surface area contributed by atoms with Gasteiger partial charge in [-0.15, -0.1) is 0 Å². The maximum atomic E-state index is 14.0. The van der Waals surface area contributed by atoms with Crippen molar-refractivity contribution in [2.45, 2.75) is 89.7 Å². The van der Waals surface area contributed by atoms with Crippen LogP contribution in [0.25, 0.3) is 11.1 Å². The van der Waals surface area contributed by atoms with Gasteiger partial charge in [0.15, 0.2) is 0 Å². The van der Waals surface area contributed by atoms with Crippen LogP contribution < -0.4 is 5.32 Å². The second-order valence-corrected chi connectivity index (χ2v) is 24.0. The molecule has 0 saturated carbocycles. The first-order valence-corrected chi connectivity index (χ1v) is 26.9. The van der Waals surface area contributed by atoms with Crippen LogP contribution >= 0.6 is 24.3 Å². The van der Waals surface area contributed by atoms with Crippen LogP contribution in [0.2, 0.25) is 0 Å². The van der Waals surface area contributed by atoms with Crippen LogP contribution in [-0.4, -0.2) is 155 Å². The van der Waals surface area contributed by atoms with Gasteiger partial charge in [-0.1, -0.05) is 61.9 Å². The summed E-state index contributed by atoms with van der Waals surface area (Å²) in [4.78, 5) is 93.5. The molecule has 1 aliphatic carbocycles. The molecule has 0 spiro atoms. The summed E-state index contributed by atoms with van der Waals surface area (Å²) < 4.78 is 11.4. The van der Waals surface area contributed by atoms with Gasteiger partial charge in [0, 0.05) is 12.1 Å². The molecule has 318 valence electrons. The predicted molar refractivity (Wildman–Crippen MR) is 266 cm³/mol. The van der Waals surface area contributed by atoms with Gasteiger partial charge in [-0.05, 0) is 43.0 Å². The molecule has 1 amide bonds. The third-order valence-corrected chi connectivity index (χ3v) is 15.1. The molecule has 2 aromatic rings. The molecule has 5 unspecified atom stereocenters. The fourth-order valence-corrected chi connectivity index (χ4v) is 10.3. The van der Waals surface area contributed by atoms with E-state index in [1.54, 1.807) is 34.1 Å². The molecule has 0 aromatic heterocycles. The Bertz CT molecular complexity index is 2050. The summed E-state index contributed by atoms with van der Waals surface area (Å²) in [6.45, 7) is 8.61. The van der Waals surface area contributed by atoms with E-state index in [1.807, 2.05) is 48.5 Å². The molecule has 1 N–H and O–H groups in total. The maximum absolute atomic E-state index is 14.0. The SMILES string of the molecule is [B]B=S(=B[B])(CC(=O)C(CCC(=O)NC(CCC(=O)CP([B])C)C(=O)CP([B])C)CC(=O)CCC(CC(=O)OCC1c2ccccc2-c2ccccc21)C(=O)OC(C)(C)C)B([B])[B]. The van der Waals surface area contributed by atoms with Crippen molar-refractivity contribution in [3.63, 3.8) is 0 Å². The number of hydrogen-bond acceptors (Lipinski definition) is 9. The molecule has 22 heteroatoms. The molecule has 12 radical (unpaired) electrons. The molecule has 1 aliphatic rings. The number of benzene rings is 2. The van der Waals surface area contributed by atoms with Crippen molar-refractivity contribution in [1.82, 2.24) is 5.32 Å². The topological polar surface area (TPSA) is 150 Å². The van der Waals surface area contributed by atoms with Crippen molar-refractivity contribution >= 4 is 129 Å². The van der Waals surface area contributed by atoms with Gasteiger partial charge in [0.25, 0.3) is 0 Å². The number of rotatable bonds is 26. The first kappa shape index (κ1) is 54.7. The van der Waals surface area contributed by atoms with E-state index in [-0.39, 0.29) is 93.5 Å². The standard InChI is InChI=1S/C41H52B9NO9P2S/c1-41(2,3)60-40(58)27(21-39(57)59-22-34-32-12-8-6-10-30(32)31-11-7-9-13-33(31)34)14-16-28(52)20-26(37(55)25-63(48-42,49-43)50(44)45)15-19-38(56)51-35(36(54)24-62(5)47)18-17-29(53)23-61(4)46/h6-13,26-27,34-35H,14-25H2,1-5H3,(H,51,56). The number of esters is 2. The molecule has 10 nitrogen and oxygen atoms in total. The molecule has 63 heavy (non-hydrogen) atoms. The van der Waals surface area contributed by atoms with Gasteiger partial charge in [-0.25, -0.2) is 0 Å². The van der Waals surface area contributed by atoms with Gasteiger partial charge >= 0.3 is 237 Å². The zero-order chi connectivity index (χ0) is 47.1. The number of carbonyl (C=O) groups is 7. The first-order valence-electron chi connectivity index (χ1n) is 20.9. The fraction of sp³-hybridized carbons (Fsp3) is 0.537. The van der Waals surface area contributed by atoms with Crippen molar-refractivity contribution in [1.29, 1.82) is 0 Å². The predicted octanol–water partition coefficient (Wildman–Crippen LogP) is 3.72. The normalized spacial score (nSPS) is 14.6. The summed E-state index contributed by atoms with van der Waals surface area (Å²) in [6, 6.07) is 17.2. The van der Waals surface area contributed by atoms with E-state index < -0.39 is 83.0 Å². The molecule has 0 heterocycles. The number of nitrogens with one attached hydrogen (secondary N) is 1. The number of ether oxygens (including phenoxy) is 2. The minimum atomic E-state index is -2.49. The fourth-order valence-electron chi connectivity index (χ4n) is 7.34. The summed E-state index contributed by atoms with van der Waals surface area (Å²) in [5.41, 5.74) is 3.31. The molecule has 2 aromatic carbocycles. The Morgan fingerprint density at radius 1 is 0.762 bits per heavy atom. The van der Waals surface area contributed by atoms with Gasteiger partial charge in [0.2, 0.25) is 0 Å². The summed E-state index contributed by atoms with van der Waals surface area (Å²) >= 11 is 0. The number of Topliss-reactive ketones (excluding diaryl/α,β-unsaturated/α-hetero) is 4. The third-order valence-electron chi connectivity index (χ3n) is 10.6. The van der Waals surface area contributed by atoms with Crippen molar-refractivity contribution in [3.8, 4) is 11.1 Å². The Balaban J connectivity index is 1.77. The second-order valence-electron chi connectivity index (χ2n) is 17.1. The molecule has 0 bridgehead atoms.